The summed E-state index contributed by atoms with van der Waals surface area (Å²) in [4.78, 5) is 25.9. The lowest BCUT2D eigenvalue weighted by molar-refractivity contribution is -0.126. The molecule has 24 heavy (non-hydrogen) atoms. The SMILES string of the molecule is CC(=O)C(Oc1ccccc1)C1CCN(C(=O)OC(C)(C)C)CC1. The maximum absolute atomic E-state index is 12.1. The Morgan fingerprint density at radius 3 is 2.21 bits per heavy atom. The molecule has 0 bridgehead atoms. The Morgan fingerprint density at radius 1 is 1.12 bits per heavy atom. The number of carbonyl (C=O) groups is 2. The number of rotatable bonds is 4. The average Bonchev–Trinajstić information content (AvgIpc) is 2.52. The van der Waals surface area contributed by atoms with E-state index in [2.05, 4.69) is 0 Å². The minimum Gasteiger partial charge on any atom is -0.482 e. The van der Waals surface area contributed by atoms with Gasteiger partial charge in [0.05, 0.1) is 0 Å². The summed E-state index contributed by atoms with van der Waals surface area (Å²) in [5, 5.41) is 0. The number of hydrogen-bond acceptors (Lipinski definition) is 4. The fourth-order valence-electron chi connectivity index (χ4n) is 2.87. The summed E-state index contributed by atoms with van der Waals surface area (Å²) in [5.74, 6) is 0.836. The minimum absolute atomic E-state index is 0.0228. The monoisotopic (exact) mass is 333 g/mol. The van der Waals surface area contributed by atoms with Crippen LogP contribution >= 0.6 is 0 Å². The summed E-state index contributed by atoms with van der Waals surface area (Å²) in [6.07, 6.45) is 0.713. The molecule has 1 aromatic rings. The van der Waals surface area contributed by atoms with E-state index in [0.29, 0.717) is 18.8 Å². The molecule has 0 aliphatic carbocycles. The van der Waals surface area contributed by atoms with Crippen molar-refractivity contribution in [2.24, 2.45) is 5.92 Å². The molecular weight excluding hydrogens is 306 g/mol. The first-order valence-corrected chi connectivity index (χ1v) is 8.46. The molecule has 1 aliphatic heterocycles. The second-order valence-corrected chi connectivity index (χ2v) is 7.27. The first-order valence-electron chi connectivity index (χ1n) is 8.46. The third-order valence-corrected chi connectivity index (χ3v) is 4.03. The Balaban J connectivity index is 1.93. The molecule has 1 unspecified atom stereocenters. The van der Waals surface area contributed by atoms with Gasteiger partial charge in [-0.25, -0.2) is 4.79 Å². The van der Waals surface area contributed by atoms with Crippen molar-refractivity contribution in [3.63, 3.8) is 0 Å². The van der Waals surface area contributed by atoms with Gasteiger partial charge in [-0.1, -0.05) is 18.2 Å². The molecule has 1 fully saturated rings. The third kappa shape index (κ3) is 5.25. The number of hydrogen-bond donors (Lipinski definition) is 0. The van der Waals surface area contributed by atoms with Crippen LogP contribution in [0.3, 0.4) is 0 Å². The first-order chi connectivity index (χ1) is 11.3. The highest BCUT2D eigenvalue weighted by atomic mass is 16.6. The van der Waals surface area contributed by atoms with Crippen LogP contribution in [-0.2, 0) is 9.53 Å². The zero-order valence-corrected chi connectivity index (χ0v) is 15.0. The van der Waals surface area contributed by atoms with Gasteiger partial charge in [-0.05, 0) is 52.7 Å². The van der Waals surface area contributed by atoms with Crippen molar-refractivity contribution in [2.75, 3.05) is 13.1 Å². The van der Waals surface area contributed by atoms with Crippen molar-refractivity contribution in [1.29, 1.82) is 0 Å². The van der Waals surface area contributed by atoms with Gasteiger partial charge in [0.25, 0.3) is 0 Å². The summed E-state index contributed by atoms with van der Waals surface area (Å²) in [6.45, 7) is 8.31. The van der Waals surface area contributed by atoms with Crippen molar-refractivity contribution in [1.82, 2.24) is 4.90 Å². The van der Waals surface area contributed by atoms with Crippen LogP contribution in [0.5, 0.6) is 5.75 Å². The molecule has 5 nitrogen and oxygen atoms in total. The van der Waals surface area contributed by atoms with E-state index < -0.39 is 11.7 Å². The number of carbonyl (C=O) groups excluding carboxylic acids is 2. The Labute approximate surface area is 143 Å². The topological polar surface area (TPSA) is 55.8 Å². The van der Waals surface area contributed by atoms with Gasteiger partial charge in [-0.15, -0.1) is 0 Å². The molecule has 0 spiro atoms. The van der Waals surface area contributed by atoms with Gasteiger partial charge < -0.3 is 14.4 Å². The minimum atomic E-state index is -0.494. The van der Waals surface area contributed by atoms with Gasteiger partial charge in [0.1, 0.15) is 11.4 Å². The van der Waals surface area contributed by atoms with Gasteiger partial charge in [0.15, 0.2) is 11.9 Å². The van der Waals surface area contributed by atoms with E-state index in [9.17, 15) is 9.59 Å². The number of amides is 1. The molecule has 5 heteroatoms. The summed E-state index contributed by atoms with van der Waals surface area (Å²) in [6, 6.07) is 9.39. The Hall–Kier alpha value is -2.04. The first kappa shape index (κ1) is 18.3. The predicted octanol–water partition coefficient (Wildman–Crippen LogP) is 3.67. The van der Waals surface area contributed by atoms with Gasteiger partial charge in [0.2, 0.25) is 0 Å². The number of nitrogens with zero attached hydrogens (tertiary/aromatic N) is 1. The maximum atomic E-state index is 12.1. The van der Waals surface area contributed by atoms with E-state index >= 15 is 0 Å². The van der Waals surface area contributed by atoms with Crippen molar-refractivity contribution in [3.05, 3.63) is 30.3 Å². The molecule has 1 atom stereocenters. The van der Waals surface area contributed by atoms with Crippen LogP contribution in [0, 0.1) is 5.92 Å². The van der Waals surface area contributed by atoms with Crippen LogP contribution in [0.2, 0.25) is 0 Å². The van der Waals surface area contributed by atoms with Gasteiger partial charge in [0, 0.05) is 19.0 Å². The van der Waals surface area contributed by atoms with Crippen molar-refractivity contribution >= 4 is 11.9 Å². The van der Waals surface area contributed by atoms with Gasteiger partial charge >= 0.3 is 6.09 Å². The fraction of sp³-hybridized carbons (Fsp3) is 0.579. The van der Waals surface area contributed by atoms with Crippen molar-refractivity contribution in [3.8, 4) is 5.75 Å². The number of benzene rings is 1. The van der Waals surface area contributed by atoms with Crippen molar-refractivity contribution < 1.29 is 19.1 Å². The average molecular weight is 333 g/mol. The van der Waals surface area contributed by atoms with Crippen LogP contribution in [0.4, 0.5) is 4.79 Å². The number of para-hydroxylation sites is 1. The highest BCUT2D eigenvalue weighted by Crippen LogP contribution is 2.26. The third-order valence-electron chi connectivity index (χ3n) is 4.03. The summed E-state index contributed by atoms with van der Waals surface area (Å²) >= 11 is 0. The molecule has 1 saturated heterocycles. The standard InChI is InChI=1S/C19H27NO4/c1-14(21)17(23-16-8-6-5-7-9-16)15-10-12-20(13-11-15)18(22)24-19(2,3)4/h5-9,15,17H,10-13H2,1-4H3. The molecule has 1 amide bonds. The molecule has 2 rings (SSSR count). The van der Waals surface area contributed by atoms with E-state index in [1.54, 1.807) is 11.8 Å². The molecule has 0 saturated carbocycles. The van der Waals surface area contributed by atoms with Crippen LogP contribution in [-0.4, -0.2) is 41.6 Å². The van der Waals surface area contributed by atoms with E-state index in [1.807, 2.05) is 51.1 Å². The van der Waals surface area contributed by atoms with E-state index in [0.717, 1.165) is 12.8 Å². The molecule has 132 valence electrons. The molecule has 0 N–H and O–H groups in total. The Kier molecular flexibility index (Phi) is 5.86. The van der Waals surface area contributed by atoms with E-state index in [4.69, 9.17) is 9.47 Å². The molecule has 0 aromatic heterocycles. The smallest absolute Gasteiger partial charge is 0.410 e. The molecule has 0 radical (unpaired) electrons. The molecule has 1 aromatic carbocycles. The lowest BCUT2D eigenvalue weighted by atomic mass is 9.89. The largest absolute Gasteiger partial charge is 0.482 e. The van der Waals surface area contributed by atoms with Crippen LogP contribution in [0.15, 0.2) is 30.3 Å². The molecule has 1 heterocycles. The normalized spacial score (nSPS) is 17.2. The lowest BCUT2D eigenvalue weighted by Gasteiger charge is -2.35. The molecule has 1 aliphatic rings. The zero-order chi connectivity index (χ0) is 17.7. The van der Waals surface area contributed by atoms with Gasteiger partial charge in [-0.2, -0.15) is 0 Å². The second-order valence-electron chi connectivity index (χ2n) is 7.27. The summed E-state index contributed by atoms with van der Waals surface area (Å²) in [5.41, 5.74) is -0.494. The van der Waals surface area contributed by atoms with Crippen molar-refractivity contribution in [2.45, 2.75) is 52.2 Å². The Bertz CT molecular complexity index is 556. The van der Waals surface area contributed by atoms with Crippen LogP contribution in [0.1, 0.15) is 40.5 Å². The number of likely N-dealkylation sites (tertiary alicyclic amines) is 1. The number of ketones is 1. The maximum Gasteiger partial charge on any atom is 0.410 e. The fourth-order valence-corrected chi connectivity index (χ4v) is 2.87. The highest BCUT2D eigenvalue weighted by molar-refractivity contribution is 5.81. The molecular formula is C19H27NO4. The number of Topliss-reactive ketones (excluding diaryl/α,β-unsaturated/α-hetero) is 1. The predicted molar refractivity (Wildman–Crippen MR) is 92.1 cm³/mol. The highest BCUT2D eigenvalue weighted by Gasteiger charge is 2.33. The number of ether oxygens (including phenoxy) is 2. The second kappa shape index (κ2) is 7.69. The van der Waals surface area contributed by atoms with E-state index in [-0.39, 0.29) is 17.8 Å². The van der Waals surface area contributed by atoms with Crippen LogP contribution in [0.25, 0.3) is 0 Å². The summed E-state index contributed by atoms with van der Waals surface area (Å²) < 4.78 is 11.3. The summed E-state index contributed by atoms with van der Waals surface area (Å²) in [7, 11) is 0. The lowest BCUT2D eigenvalue weighted by Crippen LogP contribution is -2.46. The quantitative estimate of drug-likeness (QED) is 0.843. The van der Waals surface area contributed by atoms with E-state index in [1.165, 1.54) is 0 Å². The van der Waals surface area contributed by atoms with Crippen LogP contribution < -0.4 is 4.74 Å². The number of piperidine rings is 1. The Morgan fingerprint density at radius 2 is 1.71 bits per heavy atom. The van der Waals surface area contributed by atoms with Gasteiger partial charge in [-0.3, -0.25) is 4.79 Å². The zero-order valence-electron chi connectivity index (χ0n) is 15.0.